The van der Waals surface area contributed by atoms with Crippen molar-refractivity contribution in [3.8, 4) is 11.5 Å². The van der Waals surface area contributed by atoms with E-state index in [-0.39, 0.29) is 0 Å². The molecule has 2 rings (SSSR count). The molecule has 1 radical (unpaired) electrons. The Morgan fingerprint density at radius 1 is 1.13 bits per heavy atom. The van der Waals surface area contributed by atoms with Gasteiger partial charge < -0.3 is 10.5 Å². The SMILES string of the molecule is [NH]c1ccc(Oc2ccncc2)c(Cl)c1. The van der Waals surface area contributed by atoms with Crippen LogP contribution in [0.5, 0.6) is 11.5 Å². The molecule has 1 aromatic heterocycles. The number of rotatable bonds is 2. The molecule has 2 aromatic rings. The molecule has 0 fully saturated rings. The molecule has 0 atom stereocenters. The lowest BCUT2D eigenvalue weighted by molar-refractivity contribution is 0.482. The Labute approximate surface area is 92.5 Å². The van der Waals surface area contributed by atoms with Crippen LogP contribution in [0.1, 0.15) is 0 Å². The predicted octanol–water partition coefficient (Wildman–Crippen LogP) is 3.44. The molecule has 0 aliphatic carbocycles. The normalized spacial score (nSPS) is 9.93. The van der Waals surface area contributed by atoms with Gasteiger partial charge in [-0.15, -0.1) is 0 Å². The summed E-state index contributed by atoms with van der Waals surface area (Å²) in [5.74, 6) is 1.21. The Morgan fingerprint density at radius 2 is 1.87 bits per heavy atom. The van der Waals surface area contributed by atoms with Crippen molar-refractivity contribution in [3.05, 3.63) is 47.7 Å². The smallest absolute Gasteiger partial charge is 0.146 e. The first-order chi connectivity index (χ1) is 7.25. The lowest BCUT2D eigenvalue weighted by Gasteiger charge is -2.06. The van der Waals surface area contributed by atoms with Gasteiger partial charge in [-0.1, -0.05) is 11.6 Å². The lowest BCUT2D eigenvalue weighted by Crippen LogP contribution is -1.85. The minimum absolute atomic E-state index is 0.363. The molecule has 0 amide bonds. The van der Waals surface area contributed by atoms with Crippen LogP contribution in [-0.4, -0.2) is 4.98 Å². The van der Waals surface area contributed by atoms with Gasteiger partial charge in [0.2, 0.25) is 0 Å². The van der Waals surface area contributed by atoms with E-state index in [1.165, 1.54) is 6.07 Å². The molecule has 0 aliphatic heterocycles. The largest absolute Gasteiger partial charge is 0.456 e. The van der Waals surface area contributed by atoms with Crippen molar-refractivity contribution in [2.45, 2.75) is 0 Å². The summed E-state index contributed by atoms with van der Waals surface area (Å²) in [7, 11) is 0. The number of nitrogens with one attached hydrogen (secondary N) is 1. The fourth-order valence-corrected chi connectivity index (χ4v) is 1.34. The molecule has 0 spiro atoms. The molecule has 1 N–H and O–H groups in total. The first-order valence-electron chi connectivity index (χ1n) is 4.35. The van der Waals surface area contributed by atoms with E-state index in [4.69, 9.17) is 22.1 Å². The summed E-state index contributed by atoms with van der Waals surface area (Å²) in [6, 6.07) is 8.32. The van der Waals surface area contributed by atoms with E-state index in [0.29, 0.717) is 22.2 Å². The lowest BCUT2D eigenvalue weighted by atomic mass is 10.3. The number of hydrogen-bond acceptors (Lipinski definition) is 2. The van der Waals surface area contributed by atoms with E-state index < -0.39 is 0 Å². The molecule has 15 heavy (non-hydrogen) atoms. The van der Waals surface area contributed by atoms with Crippen molar-refractivity contribution in [1.82, 2.24) is 10.7 Å². The first-order valence-corrected chi connectivity index (χ1v) is 4.72. The molecule has 0 bridgehead atoms. The van der Waals surface area contributed by atoms with Crippen LogP contribution in [-0.2, 0) is 0 Å². The monoisotopic (exact) mass is 219 g/mol. The highest BCUT2D eigenvalue weighted by molar-refractivity contribution is 6.32. The van der Waals surface area contributed by atoms with Gasteiger partial charge in [0.25, 0.3) is 0 Å². The highest BCUT2D eigenvalue weighted by Gasteiger charge is 2.02. The Bertz CT molecular complexity index is 459. The Hall–Kier alpha value is -1.74. The Balaban J connectivity index is 2.25. The van der Waals surface area contributed by atoms with E-state index in [0.717, 1.165) is 0 Å². The molecule has 0 aliphatic rings. The standard InChI is InChI=1S/C11H8ClN2O/c12-10-7-8(13)1-2-11(10)15-9-3-5-14-6-4-9/h1-7,13H. The van der Waals surface area contributed by atoms with E-state index in [1.54, 1.807) is 36.7 Å². The molecule has 0 saturated heterocycles. The van der Waals surface area contributed by atoms with Crippen molar-refractivity contribution in [3.63, 3.8) is 0 Å². The zero-order valence-electron chi connectivity index (χ0n) is 7.77. The van der Waals surface area contributed by atoms with Crippen LogP contribution in [0, 0.1) is 0 Å². The van der Waals surface area contributed by atoms with Gasteiger partial charge in [0, 0.05) is 12.4 Å². The summed E-state index contributed by atoms with van der Waals surface area (Å²) in [4.78, 5) is 3.88. The van der Waals surface area contributed by atoms with Gasteiger partial charge in [0.1, 0.15) is 11.5 Å². The molecular weight excluding hydrogens is 212 g/mol. The van der Waals surface area contributed by atoms with Crippen molar-refractivity contribution in [2.24, 2.45) is 0 Å². The zero-order valence-corrected chi connectivity index (χ0v) is 8.53. The van der Waals surface area contributed by atoms with Crippen molar-refractivity contribution in [2.75, 3.05) is 0 Å². The van der Waals surface area contributed by atoms with E-state index in [1.807, 2.05) is 0 Å². The number of benzene rings is 1. The van der Waals surface area contributed by atoms with Crippen molar-refractivity contribution < 1.29 is 4.74 Å². The van der Waals surface area contributed by atoms with Crippen molar-refractivity contribution in [1.29, 1.82) is 0 Å². The van der Waals surface area contributed by atoms with Crippen LogP contribution in [0.15, 0.2) is 42.7 Å². The summed E-state index contributed by atoms with van der Waals surface area (Å²) >= 11 is 5.92. The predicted molar refractivity (Wildman–Crippen MR) is 58.5 cm³/mol. The Morgan fingerprint density at radius 3 is 2.53 bits per heavy atom. The van der Waals surface area contributed by atoms with Crippen LogP contribution in [0.4, 0.5) is 5.69 Å². The van der Waals surface area contributed by atoms with Crippen LogP contribution >= 0.6 is 11.6 Å². The maximum Gasteiger partial charge on any atom is 0.146 e. The van der Waals surface area contributed by atoms with Crippen LogP contribution in [0.3, 0.4) is 0 Å². The van der Waals surface area contributed by atoms with E-state index >= 15 is 0 Å². The van der Waals surface area contributed by atoms with Crippen LogP contribution in [0.25, 0.3) is 0 Å². The zero-order chi connectivity index (χ0) is 10.7. The second-order valence-corrected chi connectivity index (χ2v) is 3.34. The molecular formula is C11H8ClN2O. The summed E-state index contributed by atoms with van der Waals surface area (Å²) in [5, 5.41) is 0.430. The Kier molecular flexibility index (Phi) is 2.74. The number of pyridine rings is 1. The molecule has 3 nitrogen and oxygen atoms in total. The van der Waals surface area contributed by atoms with Gasteiger partial charge in [0.05, 0.1) is 10.7 Å². The summed E-state index contributed by atoms with van der Waals surface area (Å²) in [6.07, 6.45) is 3.28. The topological polar surface area (TPSA) is 45.9 Å². The number of aromatic nitrogens is 1. The molecule has 0 unspecified atom stereocenters. The third-order valence-corrected chi connectivity index (χ3v) is 2.10. The van der Waals surface area contributed by atoms with Gasteiger partial charge in [0.15, 0.2) is 0 Å². The van der Waals surface area contributed by atoms with Gasteiger partial charge in [-0.3, -0.25) is 4.98 Å². The third kappa shape index (κ3) is 2.39. The average Bonchev–Trinajstić information content (AvgIpc) is 2.24. The van der Waals surface area contributed by atoms with Gasteiger partial charge in [-0.2, -0.15) is 0 Å². The fraction of sp³-hybridized carbons (Fsp3) is 0. The minimum Gasteiger partial charge on any atom is -0.456 e. The van der Waals surface area contributed by atoms with Crippen LogP contribution < -0.4 is 10.5 Å². The number of nitrogens with zero attached hydrogens (tertiary/aromatic N) is 1. The second kappa shape index (κ2) is 4.19. The molecule has 0 saturated carbocycles. The second-order valence-electron chi connectivity index (χ2n) is 2.93. The highest BCUT2D eigenvalue weighted by Crippen LogP contribution is 2.30. The molecule has 1 heterocycles. The van der Waals surface area contributed by atoms with Gasteiger partial charge >= 0.3 is 0 Å². The average molecular weight is 220 g/mol. The number of hydrogen-bond donors (Lipinski definition) is 0. The van der Waals surface area contributed by atoms with Crippen molar-refractivity contribution >= 4 is 17.3 Å². The highest BCUT2D eigenvalue weighted by atomic mass is 35.5. The maximum absolute atomic E-state index is 7.36. The summed E-state index contributed by atoms with van der Waals surface area (Å²) in [5.41, 5.74) is 7.73. The van der Waals surface area contributed by atoms with Crippen LogP contribution in [0.2, 0.25) is 5.02 Å². The summed E-state index contributed by atoms with van der Waals surface area (Å²) < 4.78 is 5.51. The molecule has 75 valence electrons. The minimum atomic E-state index is 0.363. The van der Waals surface area contributed by atoms with E-state index in [2.05, 4.69) is 4.98 Å². The molecule has 1 aromatic carbocycles. The number of ether oxygens (including phenoxy) is 1. The third-order valence-electron chi connectivity index (χ3n) is 1.81. The van der Waals surface area contributed by atoms with Gasteiger partial charge in [-0.05, 0) is 30.3 Å². The number of halogens is 1. The first kappa shape index (κ1) is 9.80. The summed E-state index contributed by atoms with van der Waals surface area (Å²) in [6.45, 7) is 0. The molecule has 4 heteroatoms. The van der Waals surface area contributed by atoms with Gasteiger partial charge in [-0.25, -0.2) is 0 Å². The van der Waals surface area contributed by atoms with E-state index in [9.17, 15) is 0 Å². The fourth-order valence-electron chi connectivity index (χ4n) is 1.12. The maximum atomic E-state index is 7.36. The quantitative estimate of drug-likeness (QED) is 0.777.